The highest BCUT2D eigenvalue weighted by molar-refractivity contribution is 7.96. The van der Waals surface area contributed by atoms with E-state index < -0.39 is 7.26 Å². The lowest BCUT2D eigenvalue weighted by Gasteiger charge is -2.26. The molecule has 3 rings (SSSR count). The molecule has 0 spiro atoms. The van der Waals surface area contributed by atoms with Crippen LogP contribution in [0.2, 0.25) is 0 Å². The fourth-order valence-electron chi connectivity index (χ4n) is 3.17. The number of carbonyl (C=O) groups excluding carboxylic acids is 1. The molecule has 0 saturated heterocycles. The summed E-state index contributed by atoms with van der Waals surface area (Å²) in [5.41, 5.74) is 0. The van der Waals surface area contributed by atoms with Crippen molar-refractivity contribution in [3.63, 3.8) is 0 Å². The lowest BCUT2D eigenvalue weighted by Crippen LogP contribution is -3.00. The first-order chi connectivity index (χ1) is 12.3. The topological polar surface area (TPSA) is 26.3 Å². The Bertz CT molecular complexity index is 711. The third-order valence-corrected chi connectivity index (χ3v) is 8.53. The van der Waals surface area contributed by atoms with Crippen molar-refractivity contribution in [2.24, 2.45) is 0 Å². The molecule has 0 aliphatic heterocycles. The zero-order valence-corrected chi connectivity index (χ0v) is 16.4. The van der Waals surface area contributed by atoms with Gasteiger partial charge in [0, 0.05) is 0 Å². The van der Waals surface area contributed by atoms with Crippen LogP contribution in [0.1, 0.15) is 6.92 Å². The van der Waals surface area contributed by atoms with Gasteiger partial charge in [-0.25, -0.2) is 4.79 Å². The maximum Gasteiger partial charge on any atom is 0.345 e. The third-order valence-electron chi connectivity index (χ3n) is 4.26. The molecule has 2 nitrogen and oxygen atoms in total. The summed E-state index contributed by atoms with van der Waals surface area (Å²) in [5.74, 6) is -0.146. The van der Waals surface area contributed by atoms with Crippen LogP contribution in [0, 0.1) is 0 Å². The molecule has 134 valence electrons. The van der Waals surface area contributed by atoms with Gasteiger partial charge in [0.15, 0.2) is 6.16 Å². The Morgan fingerprint density at radius 1 is 0.731 bits per heavy atom. The van der Waals surface area contributed by atoms with Crippen LogP contribution in [0.25, 0.3) is 0 Å². The van der Waals surface area contributed by atoms with Crippen LogP contribution in [0.15, 0.2) is 91.0 Å². The number of esters is 1. The summed E-state index contributed by atoms with van der Waals surface area (Å²) < 4.78 is 5.35. The van der Waals surface area contributed by atoms with Crippen molar-refractivity contribution in [1.29, 1.82) is 0 Å². The van der Waals surface area contributed by atoms with Crippen LogP contribution in [-0.4, -0.2) is 18.7 Å². The summed E-state index contributed by atoms with van der Waals surface area (Å²) in [6.45, 7) is 2.25. The molecule has 0 aromatic heterocycles. The normalized spacial score (nSPS) is 10.7. The lowest BCUT2D eigenvalue weighted by atomic mass is 10.4. The molecule has 0 fully saturated rings. The van der Waals surface area contributed by atoms with Crippen molar-refractivity contribution >= 4 is 29.1 Å². The molecule has 26 heavy (non-hydrogen) atoms. The quantitative estimate of drug-likeness (QED) is 0.458. The second-order valence-electron chi connectivity index (χ2n) is 5.78. The van der Waals surface area contributed by atoms with Gasteiger partial charge in [-0.15, -0.1) is 0 Å². The number of benzene rings is 3. The fourth-order valence-corrected chi connectivity index (χ4v) is 7.13. The van der Waals surface area contributed by atoms with Crippen LogP contribution in [0.4, 0.5) is 0 Å². The fraction of sp³-hybridized carbons (Fsp3) is 0.136. The highest BCUT2D eigenvalue weighted by Crippen LogP contribution is 2.55. The van der Waals surface area contributed by atoms with Gasteiger partial charge in [0.05, 0.1) is 6.61 Å². The number of hydrogen-bond donors (Lipinski definition) is 0. The van der Waals surface area contributed by atoms with E-state index in [-0.39, 0.29) is 18.4 Å². The highest BCUT2D eigenvalue weighted by Gasteiger charge is 2.47. The summed E-state index contributed by atoms with van der Waals surface area (Å²) in [7, 11) is -2.11. The molecular formula is C22H22ClO2P. The minimum absolute atomic E-state index is 0. The average molecular weight is 385 g/mol. The van der Waals surface area contributed by atoms with Crippen molar-refractivity contribution in [2.75, 3.05) is 12.8 Å². The predicted molar refractivity (Wildman–Crippen MR) is 107 cm³/mol. The van der Waals surface area contributed by atoms with Crippen LogP contribution in [-0.2, 0) is 9.53 Å². The molecule has 0 aliphatic rings. The molecule has 0 aliphatic carbocycles. The Morgan fingerprint density at radius 2 is 1.08 bits per heavy atom. The van der Waals surface area contributed by atoms with Crippen molar-refractivity contribution in [3.05, 3.63) is 91.0 Å². The molecule has 0 heterocycles. The molecule has 0 amide bonds. The lowest BCUT2D eigenvalue weighted by molar-refractivity contribution is -0.139. The molecule has 0 unspecified atom stereocenters. The third kappa shape index (κ3) is 4.15. The first-order valence-corrected chi connectivity index (χ1v) is 10.5. The molecule has 0 atom stereocenters. The van der Waals surface area contributed by atoms with E-state index in [0.29, 0.717) is 12.8 Å². The Balaban J connectivity index is 0.00000243. The molecule has 0 N–H and O–H groups in total. The summed E-state index contributed by atoms with van der Waals surface area (Å²) in [6, 6.07) is 31.1. The Labute approximate surface area is 162 Å². The maximum absolute atomic E-state index is 12.6. The summed E-state index contributed by atoms with van der Waals surface area (Å²) in [4.78, 5) is 12.6. The van der Waals surface area contributed by atoms with Gasteiger partial charge in [-0.2, -0.15) is 0 Å². The SMILES string of the molecule is CCOC(=O)C[P+](c1ccccc1)(c1ccccc1)c1ccccc1.[Cl-]. The van der Waals surface area contributed by atoms with Gasteiger partial charge < -0.3 is 17.1 Å². The molecule has 0 saturated carbocycles. The Hall–Kier alpha value is -2.15. The van der Waals surface area contributed by atoms with E-state index in [9.17, 15) is 4.79 Å². The van der Waals surface area contributed by atoms with E-state index in [0.717, 1.165) is 0 Å². The van der Waals surface area contributed by atoms with E-state index in [1.54, 1.807) is 0 Å². The number of rotatable bonds is 6. The summed E-state index contributed by atoms with van der Waals surface area (Å²) in [6.07, 6.45) is 0.374. The number of carbonyl (C=O) groups is 1. The second kappa shape index (κ2) is 9.52. The average Bonchev–Trinajstić information content (AvgIpc) is 2.68. The Kier molecular flexibility index (Phi) is 7.38. The van der Waals surface area contributed by atoms with Crippen molar-refractivity contribution < 1.29 is 21.9 Å². The smallest absolute Gasteiger partial charge is 0.345 e. The zero-order chi connectivity index (χ0) is 17.5. The van der Waals surface area contributed by atoms with Crippen molar-refractivity contribution in [1.82, 2.24) is 0 Å². The van der Waals surface area contributed by atoms with Crippen molar-refractivity contribution in [2.45, 2.75) is 6.92 Å². The van der Waals surface area contributed by atoms with Gasteiger partial charge >= 0.3 is 5.97 Å². The maximum atomic E-state index is 12.6. The van der Waals surface area contributed by atoms with E-state index in [2.05, 4.69) is 36.4 Å². The van der Waals surface area contributed by atoms with Crippen LogP contribution in [0.5, 0.6) is 0 Å². The molecule has 3 aromatic rings. The largest absolute Gasteiger partial charge is 1.00 e. The minimum Gasteiger partial charge on any atom is -1.00 e. The van der Waals surface area contributed by atoms with Crippen LogP contribution in [0.3, 0.4) is 0 Å². The molecule has 0 radical (unpaired) electrons. The highest BCUT2D eigenvalue weighted by atomic mass is 35.5. The number of halogens is 1. The molecule has 4 heteroatoms. The van der Waals surface area contributed by atoms with E-state index >= 15 is 0 Å². The molecule has 0 bridgehead atoms. The Morgan fingerprint density at radius 3 is 1.38 bits per heavy atom. The molecular weight excluding hydrogens is 363 g/mol. The standard InChI is InChI=1S/C22H22O2P.ClH/c1-2-24-22(23)18-25(19-12-6-3-7-13-19,20-14-8-4-9-15-20)21-16-10-5-11-17-21;/h3-17H,2,18H2,1H3;1H/q+1;/p-1. The summed E-state index contributed by atoms with van der Waals surface area (Å²) in [5, 5.41) is 3.58. The number of ether oxygens (including phenoxy) is 1. The van der Waals surface area contributed by atoms with Gasteiger partial charge in [-0.3, -0.25) is 0 Å². The van der Waals surface area contributed by atoms with E-state index in [1.807, 2.05) is 61.5 Å². The van der Waals surface area contributed by atoms with Gasteiger partial charge in [-0.05, 0) is 43.3 Å². The van der Waals surface area contributed by atoms with Gasteiger partial charge in [0.25, 0.3) is 0 Å². The minimum atomic E-state index is -2.11. The predicted octanol–water partition coefficient (Wildman–Crippen LogP) is 0.548. The van der Waals surface area contributed by atoms with Gasteiger partial charge in [0.2, 0.25) is 0 Å². The second-order valence-corrected chi connectivity index (χ2v) is 9.26. The van der Waals surface area contributed by atoms with Crippen molar-refractivity contribution in [3.8, 4) is 0 Å². The first kappa shape index (κ1) is 20.2. The van der Waals surface area contributed by atoms with E-state index in [1.165, 1.54) is 15.9 Å². The zero-order valence-electron chi connectivity index (χ0n) is 14.7. The monoisotopic (exact) mass is 384 g/mol. The van der Waals surface area contributed by atoms with Gasteiger partial charge in [0.1, 0.15) is 23.2 Å². The molecule has 3 aromatic carbocycles. The van der Waals surface area contributed by atoms with Gasteiger partial charge in [-0.1, -0.05) is 54.6 Å². The number of hydrogen-bond acceptors (Lipinski definition) is 2. The van der Waals surface area contributed by atoms with E-state index in [4.69, 9.17) is 4.74 Å². The summed E-state index contributed by atoms with van der Waals surface area (Å²) >= 11 is 0. The van der Waals surface area contributed by atoms with Crippen LogP contribution >= 0.6 is 7.26 Å². The van der Waals surface area contributed by atoms with Crippen LogP contribution < -0.4 is 28.3 Å². The first-order valence-electron chi connectivity index (χ1n) is 8.48.